The number of hydrogen-bond acceptors (Lipinski definition) is 4. The van der Waals surface area contributed by atoms with Crippen LogP contribution in [0.5, 0.6) is 0 Å². The molecule has 1 aromatic rings. The summed E-state index contributed by atoms with van der Waals surface area (Å²) in [5.41, 5.74) is 0. The van der Waals surface area contributed by atoms with Crippen molar-refractivity contribution in [3.63, 3.8) is 0 Å². The first-order valence-electron chi connectivity index (χ1n) is 6.04. The van der Waals surface area contributed by atoms with Gasteiger partial charge >= 0.3 is 0 Å². The highest BCUT2D eigenvalue weighted by molar-refractivity contribution is 7.99. The lowest BCUT2D eigenvalue weighted by Gasteiger charge is -2.19. The molecule has 1 N–H and O–H groups in total. The van der Waals surface area contributed by atoms with E-state index in [0.717, 1.165) is 18.9 Å². The third-order valence-electron chi connectivity index (χ3n) is 2.94. The standard InChI is InChI=1S/C12H20N2S2/c1-13-5-4-11-8-14-12(16-11)7-10-3-2-6-15-9-10/h8,10,13H,2-7,9H2,1H3. The van der Waals surface area contributed by atoms with Crippen LogP contribution in [0.4, 0.5) is 0 Å². The van der Waals surface area contributed by atoms with Crippen molar-refractivity contribution in [3.8, 4) is 0 Å². The first-order valence-corrected chi connectivity index (χ1v) is 8.01. The highest BCUT2D eigenvalue weighted by Crippen LogP contribution is 2.27. The normalized spacial score (nSPS) is 21.2. The Kier molecular flexibility index (Phi) is 5.13. The van der Waals surface area contributed by atoms with E-state index >= 15 is 0 Å². The summed E-state index contributed by atoms with van der Waals surface area (Å²) in [5.74, 6) is 3.58. The molecular formula is C12H20N2S2. The van der Waals surface area contributed by atoms with Crippen molar-refractivity contribution >= 4 is 23.1 Å². The summed E-state index contributed by atoms with van der Waals surface area (Å²) in [5, 5.41) is 4.53. The van der Waals surface area contributed by atoms with Crippen molar-refractivity contribution in [2.24, 2.45) is 5.92 Å². The lowest BCUT2D eigenvalue weighted by Crippen LogP contribution is -2.12. The first-order chi connectivity index (χ1) is 7.88. The fourth-order valence-corrected chi connectivity index (χ4v) is 4.21. The second-order valence-electron chi connectivity index (χ2n) is 4.36. The van der Waals surface area contributed by atoms with Gasteiger partial charge < -0.3 is 5.32 Å². The largest absolute Gasteiger partial charge is 0.319 e. The second-order valence-corrected chi connectivity index (χ2v) is 6.71. The molecule has 0 radical (unpaired) electrons. The molecule has 1 atom stereocenters. The van der Waals surface area contributed by atoms with Crippen LogP contribution < -0.4 is 5.32 Å². The van der Waals surface area contributed by atoms with E-state index in [4.69, 9.17) is 0 Å². The molecular weight excluding hydrogens is 236 g/mol. The van der Waals surface area contributed by atoms with E-state index in [1.54, 1.807) is 0 Å². The minimum absolute atomic E-state index is 0.877. The molecule has 1 aliphatic heterocycles. The maximum Gasteiger partial charge on any atom is 0.0930 e. The van der Waals surface area contributed by atoms with Crippen molar-refractivity contribution in [1.82, 2.24) is 10.3 Å². The van der Waals surface area contributed by atoms with E-state index in [1.807, 2.05) is 18.4 Å². The molecule has 1 aromatic heterocycles. The molecule has 1 fully saturated rings. The molecule has 2 heterocycles. The highest BCUT2D eigenvalue weighted by atomic mass is 32.2. The molecule has 1 saturated heterocycles. The minimum Gasteiger partial charge on any atom is -0.319 e. The van der Waals surface area contributed by atoms with Crippen molar-refractivity contribution < 1.29 is 0 Å². The monoisotopic (exact) mass is 256 g/mol. The van der Waals surface area contributed by atoms with Crippen molar-refractivity contribution in [2.75, 3.05) is 25.1 Å². The average molecular weight is 256 g/mol. The summed E-state index contributed by atoms with van der Waals surface area (Å²) < 4.78 is 0. The van der Waals surface area contributed by atoms with Gasteiger partial charge in [-0.3, -0.25) is 0 Å². The second kappa shape index (κ2) is 6.62. The summed E-state index contributed by atoms with van der Waals surface area (Å²) in [6.07, 6.45) is 7.18. The number of rotatable bonds is 5. The summed E-state index contributed by atoms with van der Waals surface area (Å²) in [6, 6.07) is 0. The van der Waals surface area contributed by atoms with E-state index in [9.17, 15) is 0 Å². The summed E-state index contributed by atoms with van der Waals surface area (Å²) in [7, 11) is 2.00. The SMILES string of the molecule is CNCCc1cnc(CC2CCCSC2)s1. The fourth-order valence-electron chi connectivity index (χ4n) is 2.02. The van der Waals surface area contributed by atoms with Gasteiger partial charge in [0.05, 0.1) is 5.01 Å². The van der Waals surface area contributed by atoms with Gasteiger partial charge in [0.25, 0.3) is 0 Å². The minimum atomic E-state index is 0.877. The zero-order chi connectivity index (χ0) is 11.2. The van der Waals surface area contributed by atoms with Gasteiger partial charge in [0.1, 0.15) is 0 Å². The van der Waals surface area contributed by atoms with Crippen LogP contribution in [-0.4, -0.2) is 30.1 Å². The van der Waals surface area contributed by atoms with Crippen LogP contribution in [-0.2, 0) is 12.8 Å². The third kappa shape index (κ3) is 3.75. The zero-order valence-corrected chi connectivity index (χ0v) is 11.5. The maximum atomic E-state index is 4.54. The van der Waals surface area contributed by atoms with Crippen molar-refractivity contribution in [1.29, 1.82) is 0 Å². The molecule has 0 bridgehead atoms. The smallest absolute Gasteiger partial charge is 0.0930 e. The molecule has 0 amide bonds. The predicted octanol–water partition coefficient (Wildman–Crippen LogP) is 2.59. The lowest BCUT2D eigenvalue weighted by molar-refractivity contribution is 0.520. The van der Waals surface area contributed by atoms with Crippen LogP contribution in [0.3, 0.4) is 0 Å². The number of nitrogens with one attached hydrogen (secondary N) is 1. The number of hydrogen-bond donors (Lipinski definition) is 1. The van der Waals surface area contributed by atoms with Gasteiger partial charge in [-0.2, -0.15) is 11.8 Å². The number of aromatic nitrogens is 1. The Labute approximate surface area is 106 Å². The Morgan fingerprint density at radius 2 is 2.50 bits per heavy atom. The van der Waals surface area contributed by atoms with Gasteiger partial charge in [-0.1, -0.05) is 0 Å². The molecule has 2 nitrogen and oxygen atoms in total. The molecule has 2 rings (SSSR count). The molecule has 90 valence electrons. The summed E-state index contributed by atoms with van der Waals surface area (Å²) in [6.45, 7) is 1.06. The van der Waals surface area contributed by atoms with Crippen LogP contribution in [0, 0.1) is 5.92 Å². The van der Waals surface area contributed by atoms with Crippen LogP contribution in [0.1, 0.15) is 22.7 Å². The van der Waals surface area contributed by atoms with Crippen LogP contribution in [0.15, 0.2) is 6.20 Å². The average Bonchev–Trinajstić information content (AvgIpc) is 2.75. The Morgan fingerprint density at radius 3 is 3.25 bits per heavy atom. The van der Waals surface area contributed by atoms with E-state index in [1.165, 1.54) is 40.7 Å². The topological polar surface area (TPSA) is 24.9 Å². The van der Waals surface area contributed by atoms with Gasteiger partial charge in [-0.05, 0) is 50.3 Å². The lowest BCUT2D eigenvalue weighted by atomic mass is 10.0. The van der Waals surface area contributed by atoms with Gasteiger partial charge in [-0.15, -0.1) is 11.3 Å². The van der Waals surface area contributed by atoms with E-state index < -0.39 is 0 Å². The quantitative estimate of drug-likeness (QED) is 0.876. The Morgan fingerprint density at radius 1 is 1.56 bits per heavy atom. The predicted molar refractivity (Wildman–Crippen MR) is 73.5 cm³/mol. The van der Waals surface area contributed by atoms with Crippen LogP contribution in [0.2, 0.25) is 0 Å². The molecule has 0 aromatic carbocycles. The van der Waals surface area contributed by atoms with Gasteiger partial charge in [0, 0.05) is 17.5 Å². The summed E-state index contributed by atoms with van der Waals surface area (Å²) >= 11 is 4.02. The number of thiazole rings is 1. The maximum absolute atomic E-state index is 4.54. The third-order valence-corrected chi connectivity index (χ3v) is 5.30. The summed E-state index contributed by atoms with van der Waals surface area (Å²) in [4.78, 5) is 5.97. The molecule has 0 aliphatic carbocycles. The van der Waals surface area contributed by atoms with Crippen molar-refractivity contribution in [3.05, 3.63) is 16.1 Å². The molecule has 0 saturated carbocycles. The van der Waals surface area contributed by atoms with Gasteiger partial charge in [0.2, 0.25) is 0 Å². The fraction of sp³-hybridized carbons (Fsp3) is 0.750. The zero-order valence-electron chi connectivity index (χ0n) is 9.87. The Balaban J connectivity index is 1.81. The molecule has 1 unspecified atom stereocenters. The van der Waals surface area contributed by atoms with Crippen molar-refractivity contribution in [2.45, 2.75) is 25.7 Å². The van der Waals surface area contributed by atoms with E-state index in [-0.39, 0.29) is 0 Å². The van der Waals surface area contributed by atoms with E-state index in [2.05, 4.69) is 28.3 Å². The Hall–Kier alpha value is -0.0600. The van der Waals surface area contributed by atoms with Gasteiger partial charge in [0.15, 0.2) is 0 Å². The number of nitrogens with zero attached hydrogens (tertiary/aromatic N) is 1. The molecule has 4 heteroatoms. The number of likely N-dealkylation sites (N-methyl/N-ethyl adjacent to an activating group) is 1. The van der Waals surface area contributed by atoms with Crippen LogP contribution in [0.25, 0.3) is 0 Å². The highest BCUT2D eigenvalue weighted by Gasteiger charge is 2.15. The van der Waals surface area contributed by atoms with Crippen LogP contribution >= 0.6 is 23.1 Å². The van der Waals surface area contributed by atoms with E-state index in [0.29, 0.717) is 0 Å². The first kappa shape index (κ1) is 12.4. The molecule has 0 spiro atoms. The Bertz CT molecular complexity index is 306. The molecule has 1 aliphatic rings. The molecule has 16 heavy (non-hydrogen) atoms. The van der Waals surface area contributed by atoms with Gasteiger partial charge in [-0.25, -0.2) is 4.98 Å². The number of thioether (sulfide) groups is 1.